The summed E-state index contributed by atoms with van der Waals surface area (Å²) in [6.07, 6.45) is 1.18. The largest absolute Gasteiger partial charge is 0.378 e. The number of hydrogen-bond donors (Lipinski definition) is 1. The van der Waals surface area contributed by atoms with E-state index < -0.39 is 0 Å². The van der Waals surface area contributed by atoms with Gasteiger partial charge in [-0.05, 0) is 17.6 Å². The number of hydrogen-bond acceptors (Lipinski definition) is 3. The van der Waals surface area contributed by atoms with Crippen molar-refractivity contribution in [1.29, 1.82) is 0 Å². The fourth-order valence-corrected chi connectivity index (χ4v) is 1.97. The fraction of sp³-hybridized carbons (Fsp3) is 1.00. The van der Waals surface area contributed by atoms with Gasteiger partial charge in [0.25, 0.3) is 0 Å². The molecule has 1 rings (SSSR count). The van der Waals surface area contributed by atoms with Crippen LogP contribution in [-0.4, -0.2) is 43.0 Å². The Kier molecular flexibility index (Phi) is 4.74. The smallest absolute Gasteiger partial charge is 0.0622 e. The summed E-state index contributed by atoms with van der Waals surface area (Å²) in [5, 5.41) is 0. The van der Waals surface area contributed by atoms with E-state index in [0.29, 0.717) is 11.5 Å². The van der Waals surface area contributed by atoms with Gasteiger partial charge in [-0.2, -0.15) is 12.6 Å². The molecule has 0 amide bonds. The maximum Gasteiger partial charge on any atom is 0.0622 e. The lowest BCUT2D eigenvalue weighted by molar-refractivity contribution is -0.0212. The highest BCUT2D eigenvalue weighted by molar-refractivity contribution is 7.80. The quantitative estimate of drug-likeness (QED) is 0.724. The van der Waals surface area contributed by atoms with Gasteiger partial charge in [0.1, 0.15) is 0 Å². The minimum Gasteiger partial charge on any atom is -0.378 e. The third-order valence-electron chi connectivity index (χ3n) is 2.88. The standard InChI is InChI=1S/C11H23NOS/c1-4-10-7-13-6-5-12(10)8-11(2,3)9-14/h10,14H,4-9H2,1-3H3. The van der Waals surface area contributed by atoms with Crippen LogP contribution in [0.15, 0.2) is 0 Å². The Morgan fingerprint density at radius 1 is 1.50 bits per heavy atom. The number of thiol groups is 1. The zero-order chi connectivity index (χ0) is 10.6. The molecular formula is C11H23NOS. The Labute approximate surface area is 93.4 Å². The Morgan fingerprint density at radius 3 is 2.79 bits per heavy atom. The second-order valence-electron chi connectivity index (χ2n) is 4.93. The molecular weight excluding hydrogens is 194 g/mol. The van der Waals surface area contributed by atoms with Gasteiger partial charge in [0.05, 0.1) is 13.2 Å². The van der Waals surface area contributed by atoms with Gasteiger partial charge in [0, 0.05) is 19.1 Å². The lowest BCUT2D eigenvalue weighted by Gasteiger charge is -2.39. The van der Waals surface area contributed by atoms with Crippen LogP contribution in [0.2, 0.25) is 0 Å². The minimum atomic E-state index is 0.313. The molecule has 0 aromatic carbocycles. The van der Waals surface area contributed by atoms with Crippen molar-refractivity contribution in [3.05, 3.63) is 0 Å². The van der Waals surface area contributed by atoms with Crippen molar-refractivity contribution in [3.8, 4) is 0 Å². The molecule has 3 heteroatoms. The third-order valence-corrected chi connectivity index (χ3v) is 3.74. The Bertz CT molecular complexity index is 173. The van der Waals surface area contributed by atoms with E-state index in [0.717, 1.165) is 32.1 Å². The lowest BCUT2D eigenvalue weighted by atomic mass is 9.94. The molecule has 0 aromatic heterocycles. The summed E-state index contributed by atoms with van der Waals surface area (Å²) < 4.78 is 5.49. The number of rotatable bonds is 4. The van der Waals surface area contributed by atoms with E-state index in [1.807, 2.05) is 0 Å². The normalized spacial score (nSPS) is 25.3. The summed E-state index contributed by atoms with van der Waals surface area (Å²) in [6.45, 7) is 10.8. The minimum absolute atomic E-state index is 0.313. The molecule has 0 aliphatic carbocycles. The van der Waals surface area contributed by atoms with Gasteiger partial charge in [0.15, 0.2) is 0 Å². The topological polar surface area (TPSA) is 12.5 Å². The molecule has 1 aliphatic rings. The highest BCUT2D eigenvalue weighted by Crippen LogP contribution is 2.22. The first-order valence-corrected chi connectivity index (χ1v) is 6.15. The average Bonchev–Trinajstić information content (AvgIpc) is 2.18. The van der Waals surface area contributed by atoms with Crippen LogP contribution in [0.5, 0.6) is 0 Å². The molecule has 0 spiro atoms. The van der Waals surface area contributed by atoms with Gasteiger partial charge in [0.2, 0.25) is 0 Å². The molecule has 0 bridgehead atoms. The number of nitrogens with zero attached hydrogens (tertiary/aromatic N) is 1. The molecule has 14 heavy (non-hydrogen) atoms. The predicted molar refractivity (Wildman–Crippen MR) is 64.1 cm³/mol. The molecule has 1 fully saturated rings. The Morgan fingerprint density at radius 2 is 2.21 bits per heavy atom. The number of ether oxygens (including phenoxy) is 1. The van der Waals surface area contributed by atoms with Gasteiger partial charge >= 0.3 is 0 Å². The second-order valence-corrected chi connectivity index (χ2v) is 5.25. The third kappa shape index (κ3) is 3.44. The molecule has 0 aromatic rings. The van der Waals surface area contributed by atoms with E-state index in [1.165, 1.54) is 6.42 Å². The van der Waals surface area contributed by atoms with Gasteiger partial charge in [-0.3, -0.25) is 4.90 Å². The van der Waals surface area contributed by atoms with Crippen LogP contribution in [0.1, 0.15) is 27.2 Å². The predicted octanol–water partition coefficient (Wildman–Crippen LogP) is 2.05. The van der Waals surface area contributed by atoms with Crippen molar-refractivity contribution < 1.29 is 4.74 Å². The molecule has 0 N–H and O–H groups in total. The molecule has 0 saturated carbocycles. The van der Waals surface area contributed by atoms with Crippen molar-refractivity contribution >= 4 is 12.6 Å². The molecule has 1 heterocycles. The molecule has 1 atom stereocenters. The first-order chi connectivity index (χ1) is 6.59. The van der Waals surface area contributed by atoms with E-state index in [9.17, 15) is 0 Å². The summed E-state index contributed by atoms with van der Waals surface area (Å²) in [4.78, 5) is 2.56. The summed E-state index contributed by atoms with van der Waals surface area (Å²) >= 11 is 4.40. The van der Waals surface area contributed by atoms with Gasteiger partial charge in [-0.15, -0.1) is 0 Å². The van der Waals surface area contributed by atoms with Gasteiger partial charge in [-0.1, -0.05) is 20.8 Å². The summed E-state index contributed by atoms with van der Waals surface area (Å²) in [6, 6.07) is 0.614. The zero-order valence-electron chi connectivity index (χ0n) is 9.62. The second kappa shape index (κ2) is 5.38. The summed E-state index contributed by atoms with van der Waals surface area (Å²) in [5.74, 6) is 0.945. The molecule has 2 nitrogen and oxygen atoms in total. The molecule has 1 saturated heterocycles. The summed E-state index contributed by atoms with van der Waals surface area (Å²) in [7, 11) is 0. The van der Waals surface area contributed by atoms with Crippen LogP contribution in [0, 0.1) is 5.41 Å². The Hall–Kier alpha value is 0.270. The average molecular weight is 217 g/mol. The van der Waals surface area contributed by atoms with Crippen molar-refractivity contribution in [3.63, 3.8) is 0 Å². The van der Waals surface area contributed by atoms with Gasteiger partial charge < -0.3 is 4.74 Å². The van der Waals surface area contributed by atoms with Crippen LogP contribution in [-0.2, 0) is 4.74 Å². The zero-order valence-corrected chi connectivity index (χ0v) is 10.5. The molecule has 84 valence electrons. The van der Waals surface area contributed by atoms with E-state index in [1.54, 1.807) is 0 Å². The van der Waals surface area contributed by atoms with Crippen LogP contribution < -0.4 is 0 Å². The highest BCUT2D eigenvalue weighted by Gasteiger charge is 2.27. The molecule has 0 radical (unpaired) electrons. The first kappa shape index (κ1) is 12.3. The lowest BCUT2D eigenvalue weighted by Crippen LogP contribution is -2.49. The van der Waals surface area contributed by atoms with Crippen LogP contribution in [0.4, 0.5) is 0 Å². The Balaban J connectivity index is 2.48. The maximum absolute atomic E-state index is 5.49. The van der Waals surface area contributed by atoms with E-state index in [4.69, 9.17) is 4.74 Å². The fourth-order valence-electron chi connectivity index (χ4n) is 1.87. The SMILES string of the molecule is CCC1COCCN1CC(C)(C)CS. The van der Waals surface area contributed by atoms with Crippen molar-refractivity contribution in [1.82, 2.24) is 4.90 Å². The van der Waals surface area contributed by atoms with Crippen LogP contribution >= 0.6 is 12.6 Å². The van der Waals surface area contributed by atoms with Gasteiger partial charge in [-0.25, -0.2) is 0 Å². The first-order valence-electron chi connectivity index (χ1n) is 5.51. The number of morpholine rings is 1. The maximum atomic E-state index is 5.49. The highest BCUT2D eigenvalue weighted by atomic mass is 32.1. The van der Waals surface area contributed by atoms with Crippen LogP contribution in [0.3, 0.4) is 0 Å². The monoisotopic (exact) mass is 217 g/mol. The summed E-state index contributed by atoms with van der Waals surface area (Å²) in [5.41, 5.74) is 0.313. The van der Waals surface area contributed by atoms with E-state index in [2.05, 4.69) is 38.3 Å². The molecule has 1 aliphatic heterocycles. The van der Waals surface area contributed by atoms with E-state index >= 15 is 0 Å². The van der Waals surface area contributed by atoms with Crippen molar-refractivity contribution in [2.45, 2.75) is 33.2 Å². The van der Waals surface area contributed by atoms with E-state index in [-0.39, 0.29) is 0 Å². The van der Waals surface area contributed by atoms with Crippen molar-refractivity contribution in [2.24, 2.45) is 5.41 Å². The van der Waals surface area contributed by atoms with Crippen molar-refractivity contribution in [2.75, 3.05) is 32.1 Å². The van der Waals surface area contributed by atoms with Crippen LogP contribution in [0.25, 0.3) is 0 Å². The molecule has 1 unspecified atom stereocenters.